The summed E-state index contributed by atoms with van der Waals surface area (Å²) in [7, 11) is 1.60. The molecule has 1 saturated carbocycles. The van der Waals surface area contributed by atoms with E-state index in [1.807, 2.05) is 41.3 Å². The van der Waals surface area contributed by atoms with E-state index in [2.05, 4.69) is 15.5 Å². The van der Waals surface area contributed by atoms with Crippen LogP contribution in [-0.4, -0.2) is 46.6 Å². The van der Waals surface area contributed by atoms with Crippen LogP contribution in [0.2, 0.25) is 0 Å². The van der Waals surface area contributed by atoms with Gasteiger partial charge in [0.2, 0.25) is 0 Å². The zero-order chi connectivity index (χ0) is 22.1. The molecule has 2 fully saturated rings. The molecule has 3 aromatic rings. The van der Waals surface area contributed by atoms with Crippen LogP contribution in [0.15, 0.2) is 54.9 Å². The predicted molar refractivity (Wildman–Crippen MR) is 121 cm³/mol. The van der Waals surface area contributed by atoms with E-state index in [1.165, 1.54) is 0 Å². The molecule has 0 radical (unpaired) electrons. The molecule has 0 bridgehead atoms. The molecule has 1 unspecified atom stereocenters. The molecule has 1 aromatic heterocycles. The fraction of sp³-hybridized carbons (Fsp3) is 0.320. The van der Waals surface area contributed by atoms with E-state index in [1.54, 1.807) is 25.6 Å². The van der Waals surface area contributed by atoms with Crippen molar-refractivity contribution in [3.63, 3.8) is 0 Å². The van der Waals surface area contributed by atoms with Gasteiger partial charge in [0.05, 0.1) is 19.3 Å². The zero-order valence-corrected chi connectivity index (χ0v) is 18.0. The Labute approximate surface area is 186 Å². The van der Waals surface area contributed by atoms with Crippen molar-refractivity contribution in [1.29, 1.82) is 0 Å². The summed E-state index contributed by atoms with van der Waals surface area (Å²) in [4.78, 5) is 27.8. The molecule has 1 atom stereocenters. The quantitative estimate of drug-likeness (QED) is 0.620. The van der Waals surface area contributed by atoms with Crippen LogP contribution in [0, 0.1) is 0 Å². The first-order chi connectivity index (χ1) is 15.6. The van der Waals surface area contributed by atoms with Crippen molar-refractivity contribution in [2.45, 2.75) is 37.8 Å². The first kappa shape index (κ1) is 20.3. The van der Waals surface area contributed by atoms with Crippen LogP contribution in [-0.2, 0) is 0 Å². The number of carbonyl (C=O) groups is 2. The predicted octanol–water partition coefficient (Wildman–Crippen LogP) is 3.95. The number of aromatic amines is 1. The summed E-state index contributed by atoms with van der Waals surface area (Å²) in [5.74, 6) is 0.564. The average molecular weight is 431 g/mol. The van der Waals surface area contributed by atoms with Crippen LogP contribution in [0.25, 0.3) is 11.1 Å². The Morgan fingerprint density at radius 1 is 1.12 bits per heavy atom. The third-order valence-corrected chi connectivity index (χ3v) is 6.22. The van der Waals surface area contributed by atoms with Crippen LogP contribution >= 0.6 is 0 Å². The number of benzene rings is 2. The topological polar surface area (TPSA) is 87.3 Å². The molecule has 7 nitrogen and oxygen atoms in total. The summed E-state index contributed by atoms with van der Waals surface area (Å²) in [5.41, 5.74) is 4.02. The summed E-state index contributed by atoms with van der Waals surface area (Å²) in [5, 5.41) is 9.83. The zero-order valence-electron chi connectivity index (χ0n) is 18.0. The highest BCUT2D eigenvalue weighted by Crippen LogP contribution is 2.36. The van der Waals surface area contributed by atoms with E-state index in [9.17, 15) is 9.59 Å². The molecule has 1 aliphatic carbocycles. The van der Waals surface area contributed by atoms with Crippen molar-refractivity contribution in [3.8, 4) is 16.9 Å². The minimum absolute atomic E-state index is 0.0302. The second-order valence-electron chi connectivity index (χ2n) is 8.43. The molecule has 7 heteroatoms. The van der Waals surface area contributed by atoms with E-state index in [0.717, 1.165) is 42.4 Å². The number of ether oxygens (including phenoxy) is 1. The van der Waals surface area contributed by atoms with E-state index in [4.69, 9.17) is 4.74 Å². The molecular formula is C25H26N4O3. The number of amides is 2. The number of carbonyl (C=O) groups excluding carboxylic acids is 2. The fourth-order valence-corrected chi connectivity index (χ4v) is 4.37. The molecule has 164 valence electrons. The highest BCUT2D eigenvalue weighted by atomic mass is 16.5. The van der Waals surface area contributed by atoms with E-state index in [0.29, 0.717) is 29.5 Å². The smallest absolute Gasteiger partial charge is 0.254 e. The van der Waals surface area contributed by atoms with Gasteiger partial charge < -0.3 is 15.0 Å². The van der Waals surface area contributed by atoms with Gasteiger partial charge in [-0.15, -0.1) is 0 Å². The Hall–Kier alpha value is -3.61. The van der Waals surface area contributed by atoms with E-state index in [-0.39, 0.29) is 17.9 Å². The number of H-pyrrole nitrogens is 1. The van der Waals surface area contributed by atoms with Gasteiger partial charge >= 0.3 is 0 Å². The van der Waals surface area contributed by atoms with Crippen LogP contribution in [0.5, 0.6) is 5.75 Å². The molecule has 1 aliphatic heterocycles. The molecule has 2 N–H and O–H groups in total. The Morgan fingerprint density at radius 2 is 2.00 bits per heavy atom. The van der Waals surface area contributed by atoms with Crippen LogP contribution in [0.4, 0.5) is 0 Å². The summed E-state index contributed by atoms with van der Waals surface area (Å²) < 4.78 is 5.56. The normalized spacial score (nSPS) is 17.9. The Morgan fingerprint density at radius 3 is 2.75 bits per heavy atom. The van der Waals surface area contributed by atoms with Gasteiger partial charge in [0.1, 0.15) is 5.75 Å². The molecule has 2 aliphatic rings. The number of hydrogen-bond acceptors (Lipinski definition) is 4. The molecular weight excluding hydrogens is 404 g/mol. The molecule has 2 amide bonds. The highest BCUT2D eigenvalue weighted by Gasteiger charge is 2.32. The molecule has 0 spiro atoms. The first-order valence-corrected chi connectivity index (χ1v) is 11.0. The van der Waals surface area contributed by atoms with Crippen molar-refractivity contribution in [3.05, 3.63) is 71.5 Å². The lowest BCUT2D eigenvalue weighted by atomic mass is 10.0. The minimum atomic E-state index is -0.0456. The van der Waals surface area contributed by atoms with Crippen LogP contribution < -0.4 is 10.1 Å². The van der Waals surface area contributed by atoms with Crippen molar-refractivity contribution in [2.24, 2.45) is 0 Å². The Kier molecular flexibility index (Phi) is 5.39. The summed E-state index contributed by atoms with van der Waals surface area (Å²) in [6.45, 7) is 0.688. The number of methoxy groups -OCH3 is 1. The van der Waals surface area contributed by atoms with Gasteiger partial charge in [0.25, 0.3) is 11.8 Å². The number of hydrogen-bond donors (Lipinski definition) is 2. The third kappa shape index (κ3) is 3.98. The standard InChI is InChI=1S/C25H26N4O3/c1-32-23-13-18(7-10-21(23)19-14-26-27-15-19)25(31)29-11-3-6-22(29)16-4-2-5-17(12-16)24(30)28-20-8-9-20/h2,4-5,7,10,12-15,20,22H,3,6,8-9,11H2,1H3,(H,26,27)(H,28,30). The van der Waals surface area contributed by atoms with Gasteiger partial charge in [-0.25, -0.2) is 0 Å². The fourth-order valence-electron chi connectivity index (χ4n) is 4.37. The summed E-state index contributed by atoms with van der Waals surface area (Å²) in [6, 6.07) is 13.5. The molecule has 1 saturated heterocycles. The van der Waals surface area contributed by atoms with Crippen LogP contribution in [0.3, 0.4) is 0 Å². The molecule has 5 rings (SSSR count). The summed E-state index contributed by atoms with van der Waals surface area (Å²) in [6.07, 6.45) is 7.44. The Bertz CT molecular complexity index is 1140. The summed E-state index contributed by atoms with van der Waals surface area (Å²) >= 11 is 0. The number of nitrogens with zero attached hydrogens (tertiary/aromatic N) is 2. The van der Waals surface area contributed by atoms with Gasteiger partial charge in [0, 0.05) is 41.0 Å². The second-order valence-corrected chi connectivity index (χ2v) is 8.43. The lowest BCUT2D eigenvalue weighted by Crippen LogP contribution is -2.31. The monoisotopic (exact) mass is 430 g/mol. The Balaban J connectivity index is 1.39. The number of likely N-dealkylation sites (tertiary alicyclic amines) is 1. The SMILES string of the molecule is COc1cc(C(=O)N2CCCC2c2cccc(C(=O)NC3CC3)c2)ccc1-c1cn[nH]c1. The lowest BCUT2D eigenvalue weighted by Gasteiger charge is -2.26. The van der Waals surface area contributed by atoms with Gasteiger partial charge in [0.15, 0.2) is 0 Å². The van der Waals surface area contributed by atoms with E-state index >= 15 is 0 Å². The number of nitrogens with one attached hydrogen (secondary N) is 2. The second kappa shape index (κ2) is 8.49. The van der Waals surface area contributed by atoms with Gasteiger partial charge in [-0.2, -0.15) is 5.10 Å². The van der Waals surface area contributed by atoms with Crippen molar-refractivity contribution in [2.75, 3.05) is 13.7 Å². The largest absolute Gasteiger partial charge is 0.496 e. The van der Waals surface area contributed by atoms with Crippen molar-refractivity contribution < 1.29 is 14.3 Å². The van der Waals surface area contributed by atoms with E-state index < -0.39 is 0 Å². The van der Waals surface area contributed by atoms with Gasteiger partial charge in [-0.1, -0.05) is 12.1 Å². The maximum Gasteiger partial charge on any atom is 0.254 e. The molecule has 2 heterocycles. The minimum Gasteiger partial charge on any atom is -0.496 e. The maximum atomic E-state index is 13.4. The number of rotatable bonds is 6. The highest BCUT2D eigenvalue weighted by molar-refractivity contribution is 5.96. The third-order valence-electron chi connectivity index (χ3n) is 6.22. The van der Waals surface area contributed by atoms with Crippen molar-refractivity contribution >= 4 is 11.8 Å². The van der Waals surface area contributed by atoms with Gasteiger partial charge in [-0.3, -0.25) is 14.7 Å². The average Bonchev–Trinajstić information content (AvgIpc) is 3.28. The van der Waals surface area contributed by atoms with Gasteiger partial charge in [-0.05, 0) is 61.6 Å². The maximum absolute atomic E-state index is 13.4. The number of aromatic nitrogens is 2. The van der Waals surface area contributed by atoms with Crippen LogP contribution in [0.1, 0.15) is 58.0 Å². The van der Waals surface area contributed by atoms with Crippen molar-refractivity contribution in [1.82, 2.24) is 20.4 Å². The molecule has 32 heavy (non-hydrogen) atoms. The first-order valence-electron chi connectivity index (χ1n) is 11.0. The lowest BCUT2D eigenvalue weighted by molar-refractivity contribution is 0.0735. The molecule has 2 aromatic carbocycles.